The lowest BCUT2D eigenvalue weighted by Gasteiger charge is -2.18. The van der Waals surface area contributed by atoms with Crippen LogP contribution < -0.4 is 11.3 Å². The maximum Gasteiger partial charge on any atom is 0.274 e. The number of halogens is 2. The fourth-order valence-electron chi connectivity index (χ4n) is 1.83. The van der Waals surface area contributed by atoms with E-state index in [1.54, 1.807) is 24.1 Å². The lowest BCUT2D eigenvalue weighted by atomic mass is 10.2. The molecule has 0 spiro atoms. The molecule has 0 bridgehead atoms. The van der Waals surface area contributed by atoms with Crippen LogP contribution in [0, 0.1) is 0 Å². The zero-order valence-electron chi connectivity index (χ0n) is 11.3. The monoisotopic (exact) mass is 368 g/mol. The number of nitrogens with zero attached hydrogens (tertiary/aromatic N) is 2. The summed E-state index contributed by atoms with van der Waals surface area (Å²) in [5, 5.41) is 0.292. The van der Waals surface area contributed by atoms with Gasteiger partial charge in [0.25, 0.3) is 5.91 Å². The van der Waals surface area contributed by atoms with Gasteiger partial charge in [-0.3, -0.25) is 4.79 Å². The van der Waals surface area contributed by atoms with E-state index in [4.69, 9.17) is 17.4 Å². The van der Waals surface area contributed by atoms with Gasteiger partial charge in [0.15, 0.2) is 0 Å². The van der Waals surface area contributed by atoms with Crippen molar-refractivity contribution in [3.8, 4) is 0 Å². The summed E-state index contributed by atoms with van der Waals surface area (Å²) in [4.78, 5) is 18.1. The first-order valence-electron chi connectivity index (χ1n) is 6.14. The molecule has 0 atom stereocenters. The molecule has 7 heteroatoms. The van der Waals surface area contributed by atoms with Crippen LogP contribution in [0.4, 0.5) is 5.82 Å². The topological polar surface area (TPSA) is 71.2 Å². The van der Waals surface area contributed by atoms with Crippen LogP contribution in [0.1, 0.15) is 16.1 Å². The van der Waals surface area contributed by atoms with Gasteiger partial charge in [-0.15, -0.1) is 0 Å². The van der Waals surface area contributed by atoms with Gasteiger partial charge in [-0.2, -0.15) is 0 Å². The van der Waals surface area contributed by atoms with E-state index in [-0.39, 0.29) is 11.6 Å². The molecule has 1 aromatic heterocycles. The molecule has 21 heavy (non-hydrogen) atoms. The van der Waals surface area contributed by atoms with E-state index in [9.17, 15) is 4.79 Å². The van der Waals surface area contributed by atoms with Crippen molar-refractivity contribution in [3.63, 3.8) is 0 Å². The molecule has 1 aromatic carbocycles. The number of hydrogen-bond donors (Lipinski definition) is 2. The average Bonchev–Trinajstić information content (AvgIpc) is 2.47. The first kappa shape index (κ1) is 15.8. The Balaban J connectivity index is 2.19. The molecule has 0 aliphatic rings. The zero-order valence-corrected chi connectivity index (χ0v) is 13.6. The summed E-state index contributed by atoms with van der Waals surface area (Å²) >= 11 is 9.44. The maximum absolute atomic E-state index is 12.4. The highest BCUT2D eigenvalue weighted by Crippen LogP contribution is 2.19. The van der Waals surface area contributed by atoms with Gasteiger partial charge in [-0.05, 0) is 29.8 Å². The molecule has 2 aromatic rings. The number of nitrogens with two attached hydrogens (primary N) is 1. The summed E-state index contributed by atoms with van der Waals surface area (Å²) in [6.07, 6.45) is 0. The van der Waals surface area contributed by atoms with Gasteiger partial charge in [0.1, 0.15) is 11.5 Å². The molecule has 0 saturated heterocycles. The molecule has 0 radical (unpaired) electrons. The van der Waals surface area contributed by atoms with Gasteiger partial charge >= 0.3 is 0 Å². The zero-order chi connectivity index (χ0) is 15.4. The molecule has 1 heterocycles. The summed E-state index contributed by atoms with van der Waals surface area (Å²) in [5.41, 5.74) is 3.57. The van der Waals surface area contributed by atoms with Crippen molar-refractivity contribution >= 4 is 39.3 Å². The van der Waals surface area contributed by atoms with E-state index in [0.717, 1.165) is 10.0 Å². The third-order valence-corrected chi connectivity index (χ3v) is 3.65. The number of benzene rings is 1. The third-order valence-electron chi connectivity index (χ3n) is 2.85. The highest BCUT2D eigenvalue weighted by Gasteiger charge is 2.17. The van der Waals surface area contributed by atoms with E-state index >= 15 is 0 Å². The minimum atomic E-state index is -0.267. The Labute approximate surface area is 136 Å². The second kappa shape index (κ2) is 6.89. The fourth-order valence-corrected chi connectivity index (χ4v) is 2.47. The van der Waals surface area contributed by atoms with Crippen LogP contribution in [0.2, 0.25) is 5.02 Å². The smallest absolute Gasteiger partial charge is 0.274 e. The number of rotatable bonds is 4. The van der Waals surface area contributed by atoms with E-state index < -0.39 is 0 Å². The van der Waals surface area contributed by atoms with Gasteiger partial charge in [0, 0.05) is 18.1 Å². The minimum absolute atomic E-state index is 0.171. The van der Waals surface area contributed by atoms with Crippen molar-refractivity contribution in [3.05, 3.63) is 57.2 Å². The van der Waals surface area contributed by atoms with Crippen molar-refractivity contribution in [1.29, 1.82) is 0 Å². The number of carbonyl (C=O) groups is 1. The Kier molecular flexibility index (Phi) is 5.17. The molecular formula is C14H14BrClN4O. The second-order valence-corrected chi connectivity index (χ2v) is 5.79. The van der Waals surface area contributed by atoms with Crippen LogP contribution in [0.3, 0.4) is 0 Å². The molecule has 0 saturated carbocycles. The number of nitrogens with one attached hydrogen (secondary N) is 1. The molecule has 1 amide bonds. The number of anilines is 1. The van der Waals surface area contributed by atoms with Crippen molar-refractivity contribution in [2.75, 3.05) is 12.5 Å². The minimum Gasteiger partial charge on any atom is -0.336 e. The SMILES string of the molecule is CN(Cc1cccc(Br)c1)C(=O)c1nc(NN)ccc1Cl. The largest absolute Gasteiger partial charge is 0.336 e. The molecule has 3 N–H and O–H groups in total. The van der Waals surface area contributed by atoms with Gasteiger partial charge in [-0.25, -0.2) is 10.8 Å². The standard InChI is InChI=1S/C14H14BrClN4O/c1-20(8-9-3-2-4-10(15)7-9)14(21)13-11(16)5-6-12(18-13)19-17/h2-7H,8,17H2,1H3,(H,18,19). The fraction of sp³-hybridized carbons (Fsp3) is 0.143. The van der Waals surface area contributed by atoms with Crippen LogP contribution in [0.15, 0.2) is 40.9 Å². The van der Waals surface area contributed by atoms with Crippen LogP contribution in [0.5, 0.6) is 0 Å². The summed E-state index contributed by atoms with van der Waals surface area (Å²) in [6.45, 7) is 0.455. The molecule has 5 nitrogen and oxygen atoms in total. The summed E-state index contributed by atoms with van der Waals surface area (Å²) in [5.74, 6) is 5.42. The molecule has 0 aliphatic carbocycles. The molecule has 0 fully saturated rings. The highest BCUT2D eigenvalue weighted by atomic mass is 79.9. The Morgan fingerprint density at radius 1 is 1.43 bits per heavy atom. The van der Waals surface area contributed by atoms with E-state index in [1.165, 1.54) is 0 Å². The summed E-state index contributed by atoms with van der Waals surface area (Å²) < 4.78 is 0.964. The highest BCUT2D eigenvalue weighted by molar-refractivity contribution is 9.10. The van der Waals surface area contributed by atoms with Gasteiger partial charge in [0.05, 0.1) is 5.02 Å². The van der Waals surface area contributed by atoms with E-state index in [0.29, 0.717) is 17.4 Å². The number of amides is 1. The van der Waals surface area contributed by atoms with Crippen molar-refractivity contribution < 1.29 is 4.79 Å². The number of carbonyl (C=O) groups excluding carboxylic acids is 1. The third kappa shape index (κ3) is 3.93. The van der Waals surface area contributed by atoms with Gasteiger partial charge < -0.3 is 10.3 Å². The van der Waals surface area contributed by atoms with Crippen LogP contribution in [-0.2, 0) is 6.54 Å². The van der Waals surface area contributed by atoms with Crippen molar-refractivity contribution in [2.45, 2.75) is 6.54 Å². The van der Waals surface area contributed by atoms with E-state index in [2.05, 4.69) is 26.3 Å². The van der Waals surface area contributed by atoms with Crippen LogP contribution >= 0.6 is 27.5 Å². The maximum atomic E-state index is 12.4. The van der Waals surface area contributed by atoms with Crippen LogP contribution in [-0.4, -0.2) is 22.8 Å². The number of hydrazine groups is 1. The van der Waals surface area contributed by atoms with Gasteiger partial charge in [0.2, 0.25) is 0 Å². The number of pyridine rings is 1. The van der Waals surface area contributed by atoms with Crippen molar-refractivity contribution in [2.24, 2.45) is 5.84 Å². The first-order chi connectivity index (χ1) is 10.0. The number of nitrogen functional groups attached to an aromatic ring is 1. The summed E-state index contributed by atoms with van der Waals surface area (Å²) in [7, 11) is 1.70. The second-order valence-electron chi connectivity index (χ2n) is 4.46. The lowest BCUT2D eigenvalue weighted by Crippen LogP contribution is -2.27. The number of aromatic nitrogens is 1. The molecule has 0 aliphatic heterocycles. The molecule has 2 rings (SSSR count). The molecule has 110 valence electrons. The molecular weight excluding hydrogens is 356 g/mol. The average molecular weight is 370 g/mol. The predicted molar refractivity (Wildman–Crippen MR) is 87.0 cm³/mol. The van der Waals surface area contributed by atoms with Crippen LogP contribution in [0.25, 0.3) is 0 Å². The van der Waals surface area contributed by atoms with Crippen molar-refractivity contribution in [1.82, 2.24) is 9.88 Å². The Morgan fingerprint density at radius 2 is 2.19 bits per heavy atom. The number of hydrogen-bond acceptors (Lipinski definition) is 4. The lowest BCUT2D eigenvalue weighted by molar-refractivity contribution is 0.0779. The summed E-state index contributed by atoms with van der Waals surface area (Å²) in [6, 6.07) is 10.9. The van der Waals surface area contributed by atoms with Gasteiger partial charge in [-0.1, -0.05) is 39.7 Å². The first-order valence-corrected chi connectivity index (χ1v) is 7.31. The molecule has 0 unspecified atom stereocenters. The Morgan fingerprint density at radius 3 is 2.86 bits per heavy atom. The Hall–Kier alpha value is -1.63. The predicted octanol–water partition coefficient (Wildman–Crippen LogP) is 3.06. The quantitative estimate of drug-likeness (QED) is 0.642. The van der Waals surface area contributed by atoms with E-state index in [1.807, 2.05) is 24.3 Å². The Bertz CT molecular complexity index is 665. The normalized spacial score (nSPS) is 10.3.